The summed E-state index contributed by atoms with van der Waals surface area (Å²) in [6, 6.07) is 10.6. The van der Waals surface area contributed by atoms with Crippen LogP contribution in [-0.2, 0) is 16.6 Å². The van der Waals surface area contributed by atoms with Crippen molar-refractivity contribution >= 4 is 26.0 Å². The summed E-state index contributed by atoms with van der Waals surface area (Å²) in [6.45, 7) is 2.42. The molecular formula is C16H18BrNO3S. The van der Waals surface area contributed by atoms with E-state index in [1.807, 2.05) is 12.1 Å². The second-order valence-corrected chi connectivity index (χ2v) is 8.68. The Balaban J connectivity index is 1.77. The molecule has 22 heavy (non-hydrogen) atoms. The fraction of sp³-hybridized carbons (Fsp3) is 0.375. The van der Waals surface area contributed by atoms with Crippen LogP contribution in [0.1, 0.15) is 30.8 Å². The molecule has 2 atom stereocenters. The molecule has 3 rings (SSSR count). The van der Waals surface area contributed by atoms with Crippen molar-refractivity contribution in [3.8, 4) is 0 Å². The monoisotopic (exact) mass is 383 g/mol. The maximum Gasteiger partial charge on any atom is 0.244 e. The van der Waals surface area contributed by atoms with Crippen LogP contribution in [0.3, 0.4) is 0 Å². The third-order valence-corrected chi connectivity index (χ3v) is 6.88. The Morgan fingerprint density at radius 2 is 1.95 bits per heavy atom. The van der Waals surface area contributed by atoms with E-state index in [2.05, 4.69) is 22.9 Å². The number of sulfonamides is 1. The van der Waals surface area contributed by atoms with Gasteiger partial charge in [-0.2, -0.15) is 4.31 Å². The van der Waals surface area contributed by atoms with Crippen LogP contribution < -0.4 is 0 Å². The van der Waals surface area contributed by atoms with Crippen molar-refractivity contribution in [2.75, 3.05) is 7.05 Å². The summed E-state index contributed by atoms with van der Waals surface area (Å²) < 4.78 is 32.9. The lowest BCUT2D eigenvalue weighted by Crippen LogP contribution is -2.26. The van der Waals surface area contributed by atoms with E-state index in [9.17, 15) is 8.42 Å². The van der Waals surface area contributed by atoms with E-state index in [1.165, 1.54) is 4.31 Å². The zero-order chi connectivity index (χ0) is 15.9. The molecule has 0 bridgehead atoms. The SMILES string of the molecule is C[C@H]1C[C@H]1c1ccc(CN(C)S(=O)(=O)c2ccccc2Br)o1. The van der Waals surface area contributed by atoms with Crippen molar-refractivity contribution in [1.82, 2.24) is 4.31 Å². The Bertz CT molecular complexity index is 784. The molecule has 6 heteroatoms. The predicted molar refractivity (Wildman–Crippen MR) is 88.0 cm³/mol. The second-order valence-electron chi connectivity index (χ2n) is 5.82. The molecule has 2 aromatic rings. The van der Waals surface area contributed by atoms with Crippen molar-refractivity contribution in [1.29, 1.82) is 0 Å². The first-order valence-corrected chi connectivity index (χ1v) is 9.42. The van der Waals surface area contributed by atoms with Crippen molar-refractivity contribution in [3.05, 3.63) is 52.4 Å². The fourth-order valence-corrected chi connectivity index (χ4v) is 4.62. The Morgan fingerprint density at radius 3 is 2.59 bits per heavy atom. The number of halogens is 1. The Hall–Kier alpha value is -1.11. The average molecular weight is 384 g/mol. The van der Waals surface area contributed by atoms with Crippen LogP contribution in [0.25, 0.3) is 0 Å². The van der Waals surface area contributed by atoms with E-state index in [-0.39, 0.29) is 11.4 Å². The van der Waals surface area contributed by atoms with Gasteiger partial charge in [0.15, 0.2) is 0 Å². The lowest BCUT2D eigenvalue weighted by atomic mass is 10.3. The van der Waals surface area contributed by atoms with Crippen LogP contribution >= 0.6 is 15.9 Å². The molecule has 1 aromatic heterocycles. The van der Waals surface area contributed by atoms with Crippen LogP contribution in [0.2, 0.25) is 0 Å². The van der Waals surface area contributed by atoms with Crippen LogP contribution in [0.15, 0.2) is 50.2 Å². The minimum absolute atomic E-state index is 0.227. The maximum absolute atomic E-state index is 12.6. The van der Waals surface area contributed by atoms with E-state index >= 15 is 0 Å². The van der Waals surface area contributed by atoms with E-state index in [0.717, 1.165) is 12.2 Å². The first-order chi connectivity index (χ1) is 10.4. The molecule has 1 heterocycles. The lowest BCUT2D eigenvalue weighted by molar-refractivity contribution is 0.389. The molecule has 0 amide bonds. The lowest BCUT2D eigenvalue weighted by Gasteiger charge is -2.16. The number of nitrogens with zero attached hydrogens (tertiary/aromatic N) is 1. The normalized spacial score (nSPS) is 21.3. The highest BCUT2D eigenvalue weighted by molar-refractivity contribution is 9.10. The Morgan fingerprint density at radius 1 is 1.27 bits per heavy atom. The summed E-state index contributed by atoms with van der Waals surface area (Å²) in [5, 5.41) is 0. The first kappa shape index (κ1) is 15.8. The largest absolute Gasteiger partial charge is 0.464 e. The van der Waals surface area contributed by atoms with Crippen molar-refractivity contribution in [2.45, 2.75) is 30.7 Å². The molecule has 0 aliphatic heterocycles. The average Bonchev–Trinajstić information content (AvgIpc) is 3.02. The molecule has 1 aliphatic carbocycles. The molecule has 4 nitrogen and oxygen atoms in total. The summed E-state index contributed by atoms with van der Waals surface area (Å²) in [5.74, 6) is 2.81. The number of benzene rings is 1. The minimum Gasteiger partial charge on any atom is -0.464 e. The van der Waals surface area contributed by atoms with Crippen LogP contribution in [-0.4, -0.2) is 19.8 Å². The molecule has 0 radical (unpaired) electrons. The summed E-state index contributed by atoms with van der Waals surface area (Å²) in [6.07, 6.45) is 1.15. The highest BCUT2D eigenvalue weighted by Crippen LogP contribution is 2.47. The number of hydrogen-bond acceptors (Lipinski definition) is 3. The molecule has 1 aromatic carbocycles. The van der Waals surface area contributed by atoms with Gasteiger partial charge in [-0.3, -0.25) is 0 Å². The second kappa shape index (κ2) is 5.83. The summed E-state index contributed by atoms with van der Waals surface area (Å²) in [7, 11) is -1.98. The quantitative estimate of drug-likeness (QED) is 0.784. The van der Waals surface area contributed by atoms with Crippen molar-refractivity contribution in [2.24, 2.45) is 5.92 Å². The van der Waals surface area contributed by atoms with Gasteiger partial charge in [-0.1, -0.05) is 19.1 Å². The zero-order valence-corrected chi connectivity index (χ0v) is 14.9. The summed E-state index contributed by atoms with van der Waals surface area (Å²) in [5.41, 5.74) is 0. The minimum atomic E-state index is -3.55. The third kappa shape index (κ3) is 3.00. The van der Waals surface area contributed by atoms with Gasteiger partial charge in [-0.15, -0.1) is 0 Å². The van der Waals surface area contributed by atoms with Gasteiger partial charge in [-0.05, 0) is 52.5 Å². The number of furan rings is 1. The number of rotatable bonds is 5. The smallest absolute Gasteiger partial charge is 0.244 e. The summed E-state index contributed by atoms with van der Waals surface area (Å²) >= 11 is 3.29. The molecule has 0 spiro atoms. The van der Waals surface area contributed by atoms with Gasteiger partial charge in [0.25, 0.3) is 0 Å². The standard InChI is InChI=1S/C16H18BrNO3S/c1-11-9-13(11)15-8-7-12(21-15)10-18(2)22(19,20)16-6-4-3-5-14(16)17/h3-8,11,13H,9-10H2,1-2H3/t11-,13+/m0/s1. The Labute approximate surface area is 139 Å². The van der Waals surface area contributed by atoms with Crippen molar-refractivity contribution in [3.63, 3.8) is 0 Å². The molecule has 0 saturated heterocycles. The molecule has 118 valence electrons. The Kier molecular flexibility index (Phi) is 4.18. The van der Waals surface area contributed by atoms with E-state index in [1.54, 1.807) is 31.3 Å². The molecule has 0 unspecified atom stereocenters. The molecule has 1 saturated carbocycles. The molecule has 1 aliphatic rings. The van der Waals surface area contributed by atoms with Gasteiger partial charge in [-0.25, -0.2) is 8.42 Å². The van der Waals surface area contributed by atoms with Crippen molar-refractivity contribution < 1.29 is 12.8 Å². The van der Waals surface area contributed by atoms with Gasteiger partial charge in [0.2, 0.25) is 10.0 Å². The summed E-state index contributed by atoms with van der Waals surface area (Å²) in [4.78, 5) is 0.264. The maximum atomic E-state index is 12.6. The van der Waals surface area contributed by atoms with Gasteiger partial charge < -0.3 is 4.42 Å². The molecule has 1 fully saturated rings. The van der Waals surface area contributed by atoms with E-state index in [0.29, 0.717) is 22.1 Å². The van der Waals surface area contributed by atoms with Gasteiger partial charge in [0, 0.05) is 17.4 Å². The van der Waals surface area contributed by atoms with Crippen LogP contribution in [0, 0.1) is 5.92 Å². The number of hydrogen-bond donors (Lipinski definition) is 0. The zero-order valence-electron chi connectivity index (χ0n) is 12.5. The first-order valence-electron chi connectivity index (χ1n) is 7.19. The topological polar surface area (TPSA) is 50.5 Å². The van der Waals surface area contributed by atoms with E-state index in [4.69, 9.17) is 4.42 Å². The van der Waals surface area contributed by atoms with Gasteiger partial charge in [0.05, 0.1) is 11.4 Å². The highest BCUT2D eigenvalue weighted by Gasteiger charge is 2.36. The van der Waals surface area contributed by atoms with E-state index < -0.39 is 10.0 Å². The predicted octanol–water partition coefficient (Wildman–Crippen LogP) is 3.99. The van der Waals surface area contributed by atoms with Gasteiger partial charge in [0.1, 0.15) is 11.5 Å². The molecular weight excluding hydrogens is 366 g/mol. The fourth-order valence-electron chi connectivity index (χ4n) is 2.52. The van der Waals surface area contributed by atoms with Gasteiger partial charge >= 0.3 is 0 Å². The highest BCUT2D eigenvalue weighted by atomic mass is 79.9. The molecule has 0 N–H and O–H groups in total. The van der Waals surface area contributed by atoms with Crippen LogP contribution in [0.5, 0.6) is 0 Å². The van der Waals surface area contributed by atoms with Crippen LogP contribution in [0.4, 0.5) is 0 Å². The third-order valence-electron chi connectivity index (χ3n) is 4.06.